The lowest BCUT2D eigenvalue weighted by Gasteiger charge is -2.12. The van der Waals surface area contributed by atoms with Crippen LogP contribution in [0.2, 0.25) is 0 Å². The summed E-state index contributed by atoms with van der Waals surface area (Å²) in [4.78, 5) is 13.8. The van der Waals surface area contributed by atoms with Gasteiger partial charge < -0.3 is 9.47 Å². The average molecular weight is 404 g/mol. The highest BCUT2D eigenvalue weighted by Gasteiger charge is 2.16. The minimum absolute atomic E-state index is 0.121. The Morgan fingerprint density at radius 2 is 1.71 bits per heavy atom. The van der Waals surface area contributed by atoms with Gasteiger partial charge in [-0.25, -0.2) is 0 Å². The predicted octanol–water partition coefficient (Wildman–Crippen LogP) is 3.03. The van der Waals surface area contributed by atoms with E-state index >= 15 is 0 Å². The number of sulfonamides is 1. The van der Waals surface area contributed by atoms with Crippen LogP contribution in [0.25, 0.3) is 0 Å². The van der Waals surface area contributed by atoms with Crippen LogP contribution in [0, 0.1) is 6.92 Å². The number of hydrazone groups is 1. The number of aryl methyl sites for hydroxylation is 1. The summed E-state index contributed by atoms with van der Waals surface area (Å²) in [5.74, 6) is 0.230. The van der Waals surface area contributed by atoms with Crippen LogP contribution in [0.15, 0.2) is 58.5 Å². The molecule has 0 aromatic heterocycles. The number of ether oxygens (including phenoxy) is 2. The zero-order valence-corrected chi connectivity index (χ0v) is 17.0. The first kappa shape index (κ1) is 21.4. The van der Waals surface area contributed by atoms with Crippen molar-refractivity contribution in [3.05, 3.63) is 59.7 Å². The van der Waals surface area contributed by atoms with Gasteiger partial charge in [0.25, 0.3) is 10.0 Å². The van der Waals surface area contributed by atoms with Gasteiger partial charge >= 0.3 is 5.97 Å². The highest BCUT2D eigenvalue weighted by molar-refractivity contribution is 7.89. The second kappa shape index (κ2) is 9.89. The number of para-hydroxylation sites is 1. The summed E-state index contributed by atoms with van der Waals surface area (Å²) < 4.78 is 35.1. The Hall–Kier alpha value is -2.87. The van der Waals surface area contributed by atoms with E-state index in [9.17, 15) is 13.2 Å². The lowest BCUT2D eigenvalue weighted by atomic mass is 10.0. The highest BCUT2D eigenvalue weighted by atomic mass is 32.2. The van der Waals surface area contributed by atoms with Crippen LogP contribution in [-0.4, -0.2) is 34.3 Å². The van der Waals surface area contributed by atoms with Gasteiger partial charge in [0.15, 0.2) is 0 Å². The molecule has 0 aliphatic heterocycles. The zero-order valence-electron chi connectivity index (χ0n) is 16.1. The van der Waals surface area contributed by atoms with E-state index in [0.717, 1.165) is 5.56 Å². The van der Waals surface area contributed by atoms with Gasteiger partial charge in [0.2, 0.25) is 0 Å². The van der Waals surface area contributed by atoms with Crippen molar-refractivity contribution in [2.24, 2.45) is 5.10 Å². The van der Waals surface area contributed by atoms with Crippen molar-refractivity contribution in [2.75, 3.05) is 14.2 Å². The zero-order chi connectivity index (χ0) is 20.6. The average Bonchev–Trinajstić information content (AvgIpc) is 2.70. The van der Waals surface area contributed by atoms with Crippen LogP contribution < -0.4 is 9.57 Å². The van der Waals surface area contributed by atoms with Crippen molar-refractivity contribution < 1.29 is 22.7 Å². The van der Waals surface area contributed by atoms with Crippen molar-refractivity contribution in [3.63, 3.8) is 0 Å². The minimum Gasteiger partial charge on any atom is -0.496 e. The summed E-state index contributed by atoms with van der Waals surface area (Å²) in [6, 6.07) is 13.6. The summed E-state index contributed by atoms with van der Waals surface area (Å²) in [7, 11) is -0.960. The molecule has 1 N–H and O–H groups in total. The van der Waals surface area contributed by atoms with E-state index in [0.29, 0.717) is 29.9 Å². The molecular weight excluding hydrogens is 380 g/mol. The largest absolute Gasteiger partial charge is 0.496 e. The fourth-order valence-electron chi connectivity index (χ4n) is 2.52. The Morgan fingerprint density at radius 1 is 1.04 bits per heavy atom. The van der Waals surface area contributed by atoms with Crippen LogP contribution in [0.3, 0.4) is 0 Å². The molecule has 0 amide bonds. The summed E-state index contributed by atoms with van der Waals surface area (Å²) in [5.41, 5.74) is 2.08. The molecule has 0 aliphatic carbocycles. The van der Waals surface area contributed by atoms with Crippen molar-refractivity contribution in [3.8, 4) is 5.75 Å². The molecule has 0 fully saturated rings. The van der Waals surface area contributed by atoms with Crippen LogP contribution in [0.4, 0.5) is 0 Å². The molecule has 0 spiro atoms. The Bertz CT molecular complexity index is 937. The van der Waals surface area contributed by atoms with E-state index in [-0.39, 0.29) is 17.3 Å². The van der Waals surface area contributed by atoms with E-state index in [1.54, 1.807) is 24.3 Å². The fraction of sp³-hybridized carbons (Fsp3) is 0.300. The molecular formula is C20H24N2O5S. The highest BCUT2D eigenvalue weighted by Crippen LogP contribution is 2.21. The number of carbonyl (C=O) groups excluding carboxylic acids is 1. The Labute approximate surface area is 165 Å². The first-order valence-corrected chi connectivity index (χ1v) is 10.2. The third-order valence-electron chi connectivity index (χ3n) is 4.07. The summed E-state index contributed by atoms with van der Waals surface area (Å²) in [6.07, 6.45) is 1.02. The first-order chi connectivity index (χ1) is 13.4. The van der Waals surface area contributed by atoms with Crippen LogP contribution in [0.5, 0.6) is 5.75 Å². The molecule has 2 rings (SSSR count). The molecule has 0 atom stereocenters. The molecule has 7 nitrogen and oxygen atoms in total. The van der Waals surface area contributed by atoms with Gasteiger partial charge in [-0.15, -0.1) is 0 Å². The van der Waals surface area contributed by atoms with Gasteiger partial charge in [-0.2, -0.15) is 18.4 Å². The number of hydrogen-bond donors (Lipinski definition) is 1. The summed E-state index contributed by atoms with van der Waals surface area (Å²) in [5, 5.41) is 4.14. The van der Waals surface area contributed by atoms with Crippen molar-refractivity contribution in [2.45, 2.75) is 31.1 Å². The van der Waals surface area contributed by atoms with Gasteiger partial charge in [-0.1, -0.05) is 29.8 Å². The number of esters is 1. The van der Waals surface area contributed by atoms with Crippen molar-refractivity contribution >= 4 is 21.7 Å². The number of nitrogens with zero attached hydrogens (tertiary/aromatic N) is 1. The SMILES string of the molecule is COC(=O)CCC/C(=N\NS(=O)(=O)c1ccc(C)cc1)c1ccccc1OC. The van der Waals surface area contributed by atoms with E-state index in [1.165, 1.54) is 26.4 Å². The number of methoxy groups -OCH3 is 2. The molecule has 0 heterocycles. The lowest BCUT2D eigenvalue weighted by molar-refractivity contribution is -0.140. The molecule has 8 heteroatoms. The van der Waals surface area contributed by atoms with E-state index in [4.69, 9.17) is 4.74 Å². The maximum atomic E-state index is 12.5. The molecule has 0 radical (unpaired) electrons. The van der Waals surface area contributed by atoms with Crippen molar-refractivity contribution in [1.82, 2.24) is 4.83 Å². The smallest absolute Gasteiger partial charge is 0.305 e. The molecule has 0 saturated carbocycles. The third kappa shape index (κ3) is 5.82. The van der Waals surface area contributed by atoms with Gasteiger partial charge in [-0.05, 0) is 44.0 Å². The van der Waals surface area contributed by atoms with Gasteiger partial charge in [0, 0.05) is 12.0 Å². The number of carbonyl (C=O) groups is 1. The van der Waals surface area contributed by atoms with E-state index in [1.807, 2.05) is 19.1 Å². The quantitative estimate of drug-likeness (QED) is 0.394. The Morgan fingerprint density at radius 3 is 2.36 bits per heavy atom. The molecule has 0 aliphatic rings. The fourth-order valence-corrected chi connectivity index (χ4v) is 3.35. The van der Waals surface area contributed by atoms with E-state index in [2.05, 4.69) is 14.7 Å². The van der Waals surface area contributed by atoms with Crippen LogP contribution >= 0.6 is 0 Å². The Kier molecular flexibility index (Phi) is 7.57. The molecule has 0 bridgehead atoms. The summed E-state index contributed by atoms with van der Waals surface area (Å²) in [6.45, 7) is 1.88. The standard InChI is InChI=1S/C20H24N2O5S/c1-15-11-13-16(14-12-15)28(24,25)22-21-18(8-6-10-20(23)27-3)17-7-4-5-9-19(17)26-2/h4-5,7,9,11-14,22H,6,8,10H2,1-3H3/b21-18+. The molecule has 150 valence electrons. The minimum atomic E-state index is -3.82. The molecule has 2 aromatic rings. The van der Waals surface area contributed by atoms with Crippen LogP contribution in [0.1, 0.15) is 30.4 Å². The van der Waals surface area contributed by atoms with E-state index < -0.39 is 10.0 Å². The Balaban J connectivity index is 2.29. The first-order valence-electron chi connectivity index (χ1n) is 8.72. The van der Waals surface area contributed by atoms with Crippen molar-refractivity contribution in [1.29, 1.82) is 0 Å². The van der Waals surface area contributed by atoms with Gasteiger partial charge in [-0.3, -0.25) is 4.79 Å². The lowest BCUT2D eigenvalue weighted by Crippen LogP contribution is -2.21. The normalized spacial score (nSPS) is 11.8. The second-order valence-corrected chi connectivity index (χ2v) is 7.76. The number of hydrogen-bond acceptors (Lipinski definition) is 6. The maximum absolute atomic E-state index is 12.5. The number of benzene rings is 2. The molecule has 0 unspecified atom stereocenters. The van der Waals surface area contributed by atoms with Gasteiger partial charge in [0.05, 0.1) is 24.8 Å². The predicted molar refractivity (Wildman–Crippen MR) is 107 cm³/mol. The number of nitrogens with one attached hydrogen (secondary N) is 1. The molecule has 28 heavy (non-hydrogen) atoms. The summed E-state index contributed by atoms with van der Waals surface area (Å²) >= 11 is 0. The van der Waals surface area contributed by atoms with Gasteiger partial charge in [0.1, 0.15) is 5.75 Å². The molecule has 2 aromatic carbocycles. The third-order valence-corrected chi connectivity index (χ3v) is 5.30. The topological polar surface area (TPSA) is 94.1 Å². The van der Waals surface area contributed by atoms with Crippen LogP contribution in [-0.2, 0) is 19.6 Å². The molecule has 0 saturated heterocycles. The number of rotatable bonds is 9. The monoisotopic (exact) mass is 404 g/mol. The second-order valence-electron chi connectivity index (χ2n) is 6.10. The maximum Gasteiger partial charge on any atom is 0.305 e.